The van der Waals surface area contributed by atoms with Gasteiger partial charge in [0.05, 0.1) is 4.88 Å². The molecule has 2 atom stereocenters. The van der Waals surface area contributed by atoms with Gasteiger partial charge in [-0.15, -0.1) is 11.3 Å². The third kappa shape index (κ3) is 3.78. The molecule has 1 aliphatic carbocycles. The van der Waals surface area contributed by atoms with Crippen molar-refractivity contribution in [1.82, 2.24) is 15.0 Å². The van der Waals surface area contributed by atoms with Crippen LogP contribution in [-0.4, -0.2) is 33.5 Å². The van der Waals surface area contributed by atoms with Crippen molar-refractivity contribution in [2.45, 2.75) is 63.8 Å². The van der Waals surface area contributed by atoms with Crippen molar-refractivity contribution >= 4 is 17.2 Å². The van der Waals surface area contributed by atoms with Gasteiger partial charge in [-0.05, 0) is 49.5 Å². The van der Waals surface area contributed by atoms with Crippen LogP contribution in [0.25, 0.3) is 10.7 Å². The Bertz CT molecular complexity index is 695. The third-order valence-corrected chi connectivity index (χ3v) is 6.42. The highest BCUT2D eigenvalue weighted by Crippen LogP contribution is 2.35. The van der Waals surface area contributed by atoms with Crippen LogP contribution in [0.15, 0.2) is 22.0 Å². The average molecular weight is 359 g/mol. The van der Waals surface area contributed by atoms with Crippen LogP contribution >= 0.6 is 11.3 Å². The van der Waals surface area contributed by atoms with E-state index < -0.39 is 0 Å². The summed E-state index contributed by atoms with van der Waals surface area (Å²) < 4.78 is 5.32. The van der Waals surface area contributed by atoms with E-state index in [9.17, 15) is 4.79 Å². The Kier molecular flexibility index (Phi) is 5.15. The number of hydrogen-bond acceptors (Lipinski definition) is 5. The highest BCUT2D eigenvalue weighted by molar-refractivity contribution is 7.13. The second kappa shape index (κ2) is 7.68. The lowest BCUT2D eigenvalue weighted by Crippen LogP contribution is -2.49. The van der Waals surface area contributed by atoms with Gasteiger partial charge in [-0.1, -0.05) is 24.1 Å². The van der Waals surface area contributed by atoms with Gasteiger partial charge in [-0.2, -0.15) is 4.98 Å². The van der Waals surface area contributed by atoms with E-state index in [4.69, 9.17) is 4.52 Å². The van der Waals surface area contributed by atoms with Crippen LogP contribution in [0.3, 0.4) is 0 Å². The Morgan fingerprint density at radius 3 is 3.04 bits per heavy atom. The minimum atomic E-state index is 0.314. The monoisotopic (exact) mass is 359 g/mol. The Morgan fingerprint density at radius 1 is 1.28 bits per heavy atom. The van der Waals surface area contributed by atoms with Crippen LogP contribution in [0.1, 0.15) is 57.3 Å². The van der Waals surface area contributed by atoms with Crippen molar-refractivity contribution in [2.75, 3.05) is 6.54 Å². The Labute approximate surface area is 152 Å². The SMILES string of the molecule is O=C(CCCc1nc(-c2cccs2)no1)N1CCCC2CCCCC21. The van der Waals surface area contributed by atoms with E-state index >= 15 is 0 Å². The Morgan fingerprint density at radius 2 is 2.16 bits per heavy atom. The minimum absolute atomic E-state index is 0.314. The average Bonchev–Trinajstić information content (AvgIpc) is 3.32. The van der Waals surface area contributed by atoms with E-state index in [-0.39, 0.29) is 0 Å². The smallest absolute Gasteiger partial charge is 0.226 e. The second-order valence-corrected chi connectivity index (χ2v) is 8.13. The predicted molar refractivity (Wildman–Crippen MR) is 97.2 cm³/mol. The first-order chi connectivity index (χ1) is 12.3. The molecule has 1 aliphatic heterocycles. The predicted octanol–water partition coefficient (Wildman–Crippen LogP) is 4.30. The number of carbonyl (C=O) groups excluding carboxylic acids is 1. The van der Waals surface area contributed by atoms with Gasteiger partial charge in [0.25, 0.3) is 0 Å². The minimum Gasteiger partial charge on any atom is -0.339 e. The maximum atomic E-state index is 12.7. The van der Waals surface area contributed by atoms with Crippen molar-refractivity contribution in [2.24, 2.45) is 5.92 Å². The van der Waals surface area contributed by atoms with Gasteiger partial charge in [0, 0.05) is 25.4 Å². The number of fused-ring (bicyclic) bond motifs is 1. The molecule has 5 nitrogen and oxygen atoms in total. The van der Waals surface area contributed by atoms with Gasteiger partial charge in [-0.25, -0.2) is 0 Å². The van der Waals surface area contributed by atoms with Crippen molar-refractivity contribution < 1.29 is 9.32 Å². The molecule has 6 heteroatoms. The molecule has 0 aromatic carbocycles. The Hall–Kier alpha value is -1.69. The number of aryl methyl sites for hydroxylation is 1. The fourth-order valence-electron chi connectivity index (χ4n) is 4.33. The first-order valence-corrected chi connectivity index (χ1v) is 10.3. The zero-order chi connectivity index (χ0) is 17.1. The number of hydrogen-bond donors (Lipinski definition) is 0. The van der Waals surface area contributed by atoms with Crippen LogP contribution in [0.4, 0.5) is 0 Å². The first-order valence-electron chi connectivity index (χ1n) is 9.47. The molecule has 2 fully saturated rings. The largest absolute Gasteiger partial charge is 0.339 e. The molecule has 25 heavy (non-hydrogen) atoms. The molecule has 2 unspecified atom stereocenters. The zero-order valence-corrected chi connectivity index (χ0v) is 15.3. The van der Waals surface area contributed by atoms with Crippen LogP contribution in [0.2, 0.25) is 0 Å². The molecule has 1 saturated heterocycles. The van der Waals surface area contributed by atoms with Crippen molar-refractivity contribution in [1.29, 1.82) is 0 Å². The van der Waals surface area contributed by atoms with Gasteiger partial charge >= 0.3 is 0 Å². The summed E-state index contributed by atoms with van der Waals surface area (Å²) in [7, 11) is 0. The maximum Gasteiger partial charge on any atom is 0.226 e. The summed E-state index contributed by atoms with van der Waals surface area (Å²) in [5, 5.41) is 6.03. The topological polar surface area (TPSA) is 59.2 Å². The van der Waals surface area contributed by atoms with Crippen LogP contribution in [-0.2, 0) is 11.2 Å². The molecule has 134 valence electrons. The molecule has 0 spiro atoms. The molecule has 4 rings (SSSR count). The molecule has 0 bridgehead atoms. The van der Waals surface area contributed by atoms with E-state index in [1.54, 1.807) is 11.3 Å². The van der Waals surface area contributed by atoms with E-state index in [2.05, 4.69) is 15.0 Å². The highest BCUT2D eigenvalue weighted by atomic mass is 32.1. The van der Waals surface area contributed by atoms with E-state index in [1.807, 2.05) is 17.5 Å². The molecular formula is C19H25N3O2S. The summed E-state index contributed by atoms with van der Waals surface area (Å²) in [4.78, 5) is 20.3. The number of likely N-dealkylation sites (tertiary alicyclic amines) is 1. The van der Waals surface area contributed by atoms with Crippen LogP contribution < -0.4 is 0 Å². The summed E-state index contributed by atoms with van der Waals surface area (Å²) in [6.07, 6.45) is 9.63. The Balaban J connectivity index is 1.29. The van der Waals surface area contributed by atoms with E-state index in [0.29, 0.717) is 36.5 Å². The standard InChI is InChI=1S/C19H25N3O2S/c23-18(22-12-4-7-14-6-1-2-8-15(14)22)11-3-10-17-20-19(21-24-17)16-9-5-13-25-16/h5,9,13-15H,1-4,6-8,10-12H2. The molecule has 0 N–H and O–H groups in total. The van der Waals surface area contributed by atoms with Crippen molar-refractivity contribution in [3.63, 3.8) is 0 Å². The molecule has 0 radical (unpaired) electrons. The fourth-order valence-corrected chi connectivity index (χ4v) is 4.98. The molecule has 1 amide bonds. The lowest BCUT2D eigenvalue weighted by atomic mass is 9.78. The van der Waals surface area contributed by atoms with Crippen LogP contribution in [0, 0.1) is 5.92 Å². The molecule has 1 saturated carbocycles. The zero-order valence-electron chi connectivity index (χ0n) is 14.5. The lowest BCUT2D eigenvalue weighted by molar-refractivity contribution is -0.137. The number of nitrogens with zero attached hydrogens (tertiary/aromatic N) is 3. The first kappa shape index (κ1) is 16.8. The molecule has 3 heterocycles. The highest BCUT2D eigenvalue weighted by Gasteiger charge is 2.35. The van der Waals surface area contributed by atoms with Crippen molar-refractivity contribution in [3.8, 4) is 10.7 Å². The number of amides is 1. The quantitative estimate of drug-likeness (QED) is 0.798. The van der Waals surface area contributed by atoms with Gasteiger partial charge in [-0.3, -0.25) is 4.79 Å². The van der Waals surface area contributed by atoms with Crippen LogP contribution in [0.5, 0.6) is 0 Å². The summed E-state index contributed by atoms with van der Waals surface area (Å²) in [5.74, 6) is 2.34. The number of piperidine rings is 1. The number of thiophene rings is 1. The normalized spacial score (nSPS) is 23.4. The second-order valence-electron chi connectivity index (χ2n) is 7.18. The summed E-state index contributed by atoms with van der Waals surface area (Å²) in [6, 6.07) is 4.47. The molecule has 2 aromatic rings. The summed E-state index contributed by atoms with van der Waals surface area (Å²) in [6.45, 7) is 0.948. The fraction of sp³-hybridized carbons (Fsp3) is 0.632. The van der Waals surface area contributed by atoms with Gasteiger partial charge in [0.2, 0.25) is 17.6 Å². The maximum absolute atomic E-state index is 12.7. The summed E-state index contributed by atoms with van der Waals surface area (Å²) in [5.41, 5.74) is 0. The van der Waals surface area contributed by atoms with E-state index in [0.717, 1.165) is 23.8 Å². The number of rotatable bonds is 5. The number of carbonyl (C=O) groups is 1. The molecular weight excluding hydrogens is 334 g/mol. The lowest BCUT2D eigenvalue weighted by Gasteiger charge is -2.44. The molecule has 2 aliphatic rings. The van der Waals surface area contributed by atoms with Gasteiger partial charge in [0.15, 0.2) is 0 Å². The molecule has 2 aromatic heterocycles. The van der Waals surface area contributed by atoms with E-state index in [1.165, 1.54) is 38.5 Å². The van der Waals surface area contributed by atoms with Gasteiger partial charge in [0.1, 0.15) is 0 Å². The number of aromatic nitrogens is 2. The van der Waals surface area contributed by atoms with Gasteiger partial charge < -0.3 is 9.42 Å². The third-order valence-electron chi connectivity index (χ3n) is 5.55. The summed E-state index contributed by atoms with van der Waals surface area (Å²) >= 11 is 1.60. The van der Waals surface area contributed by atoms with Crippen molar-refractivity contribution in [3.05, 3.63) is 23.4 Å².